The Balaban J connectivity index is 2.84. The number of halogens is 2. The second kappa shape index (κ2) is 5.37. The molecule has 1 aromatic carbocycles. The highest BCUT2D eigenvalue weighted by molar-refractivity contribution is 9.09. The third-order valence-electron chi connectivity index (χ3n) is 1.84. The standard InChI is InChI=1S/C10H10BrClO2/c11-5-9(13)4-7-1-2-10(14)8(3-7)6-12/h1-3,14H,4-6H2. The number of phenols is 1. The van der Waals surface area contributed by atoms with E-state index >= 15 is 0 Å². The van der Waals surface area contributed by atoms with E-state index in [4.69, 9.17) is 11.6 Å². The van der Waals surface area contributed by atoms with Crippen LogP contribution in [0.3, 0.4) is 0 Å². The summed E-state index contributed by atoms with van der Waals surface area (Å²) in [7, 11) is 0. The zero-order chi connectivity index (χ0) is 10.6. The highest BCUT2D eigenvalue weighted by Crippen LogP contribution is 2.20. The summed E-state index contributed by atoms with van der Waals surface area (Å²) in [4.78, 5) is 11.1. The molecule has 4 heteroatoms. The van der Waals surface area contributed by atoms with Gasteiger partial charge in [-0.3, -0.25) is 4.79 Å². The average molecular weight is 278 g/mol. The predicted octanol–water partition coefficient (Wildman–Crippen LogP) is 2.64. The second-order valence-corrected chi connectivity index (χ2v) is 3.77. The van der Waals surface area contributed by atoms with Crippen LogP contribution in [0.5, 0.6) is 5.75 Å². The number of alkyl halides is 2. The van der Waals surface area contributed by atoms with Crippen LogP contribution in [-0.2, 0) is 17.1 Å². The molecule has 1 aromatic rings. The summed E-state index contributed by atoms with van der Waals surface area (Å²) in [6, 6.07) is 5.05. The van der Waals surface area contributed by atoms with Crippen LogP contribution in [0.15, 0.2) is 18.2 Å². The Labute approximate surface area is 96.0 Å². The van der Waals surface area contributed by atoms with Crippen LogP contribution in [-0.4, -0.2) is 16.2 Å². The summed E-state index contributed by atoms with van der Waals surface area (Å²) in [5, 5.41) is 9.70. The van der Waals surface area contributed by atoms with Crippen LogP contribution < -0.4 is 0 Å². The Morgan fingerprint density at radius 1 is 1.50 bits per heavy atom. The molecule has 0 unspecified atom stereocenters. The summed E-state index contributed by atoms with van der Waals surface area (Å²) in [5.41, 5.74) is 1.54. The van der Waals surface area contributed by atoms with Crippen molar-refractivity contribution in [3.05, 3.63) is 29.3 Å². The van der Waals surface area contributed by atoms with Crippen LogP contribution >= 0.6 is 27.5 Å². The maximum absolute atomic E-state index is 11.1. The molecule has 0 aliphatic carbocycles. The van der Waals surface area contributed by atoms with E-state index in [9.17, 15) is 9.90 Å². The molecule has 0 fully saturated rings. The average Bonchev–Trinajstić information content (AvgIpc) is 2.20. The van der Waals surface area contributed by atoms with Gasteiger partial charge in [0.25, 0.3) is 0 Å². The fourth-order valence-electron chi connectivity index (χ4n) is 1.13. The first-order valence-corrected chi connectivity index (χ1v) is 5.77. The van der Waals surface area contributed by atoms with Crippen molar-refractivity contribution >= 4 is 33.3 Å². The van der Waals surface area contributed by atoms with Gasteiger partial charge in [0.2, 0.25) is 0 Å². The predicted molar refractivity (Wildman–Crippen MR) is 60.2 cm³/mol. The lowest BCUT2D eigenvalue weighted by Gasteiger charge is -2.03. The molecule has 0 bridgehead atoms. The van der Waals surface area contributed by atoms with Gasteiger partial charge in [0.05, 0.1) is 11.2 Å². The number of ketones is 1. The number of rotatable bonds is 4. The number of aromatic hydroxyl groups is 1. The zero-order valence-corrected chi connectivity index (χ0v) is 9.81. The van der Waals surface area contributed by atoms with Gasteiger partial charge in [-0.2, -0.15) is 0 Å². The third-order valence-corrected chi connectivity index (χ3v) is 2.75. The molecule has 1 rings (SSSR count). The van der Waals surface area contributed by atoms with Gasteiger partial charge in [-0.05, 0) is 11.6 Å². The van der Waals surface area contributed by atoms with E-state index in [1.165, 1.54) is 0 Å². The van der Waals surface area contributed by atoms with Gasteiger partial charge in [0.1, 0.15) is 11.5 Å². The number of hydrogen-bond acceptors (Lipinski definition) is 2. The monoisotopic (exact) mass is 276 g/mol. The SMILES string of the molecule is O=C(CBr)Cc1ccc(O)c(CCl)c1. The van der Waals surface area contributed by atoms with E-state index in [1.807, 2.05) is 0 Å². The van der Waals surface area contributed by atoms with Crippen molar-refractivity contribution in [2.45, 2.75) is 12.3 Å². The lowest BCUT2D eigenvalue weighted by atomic mass is 10.1. The summed E-state index contributed by atoms with van der Waals surface area (Å²) in [6.45, 7) is 0. The molecule has 0 radical (unpaired) electrons. The van der Waals surface area contributed by atoms with E-state index in [0.29, 0.717) is 17.3 Å². The molecule has 1 N–H and O–H groups in total. The van der Waals surface area contributed by atoms with Gasteiger partial charge < -0.3 is 5.11 Å². The fourth-order valence-corrected chi connectivity index (χ4v) is 1.54. The van der Waals surface area contributed by atoms with Gasteiger partial charge in [-0.1, -0.05) is 28.1 Å². The van der Waals surface area contributed by atoms with E-state index < -0.39 is 0 Å². The Kier molecular flexibility index (Phi) is 4.42. The van der Waals surface area contributed by atoms with E-state index in [0.717, 1.165) is 5.56 Å². The van der Waals surface area contributed by atoms with Crippen LogP contribution in [0.2, 0.25) is 0 Å². The van der Waals surface area contributed by atoms with Gasteiger partial charge in [-0.25, -0.2) is 0 Å². The molecule has 0 aromatic heterocycles. The second-order valence-electron chi connectivity index (χ2n) is 2.95. The van der Waals surface area contributed by atoms with Crippen molar-refractivity contribution in [3.8, 4) is 5.75 Å². The first kappa shape index (κ1) is 11.5. The summed E-state index contributed by atoms with van der Waals surface area (Å²) >= 11 is 8.72. The van der Waals surface area contributed by atoms with E-state index in [1.54, 1.807) is 18.2 Å². The van der Waals surface area contributed by atoms with Crippen LogP contribution in [0, 0.1) is 0 Å². The normalized spacial score (nSPS) is 10.1. The smallest absolute Gasteiger partial charge is 0.147 e. The molecule has 0 spiro atoms. The Morgan fingerprint density at radius 3 is 2.79 bits per heavy atom. The lowest BCUT2D eigenvalue weighted by molar-refractivity contribution is -0.115. The Bertz CT molecular complexity index is 339. The van der Waals surface area contributed by atoms with Crippen molar-refractivity contribution in [1.82, 2.24) is 0 Å². The summed E-state index contributed by atoms with van der Waals surface area (Å²) in [6.07, 6.45) is 0.370. The van der Waals surface area contributed by atoms with E-state index in [-0.39, 0.29) is 17.4 Å². The molecule has 0 aliphatic heterocycles. The van der Waals surface area contributed by atoms with Gasteiger partial charge in [0.15, 0.2) is 0 Å². The number of phenolic OH excluding ortho intramolecular Hbond substituents is 1. The van der Waals surface area contributed by atoms with Gasteiger partial charge in [-0.15, -0.1) is 11.6 Å². The van der Waals surface area contributed by atoms with Crippen molar-refractivity contribution in [1.29, 1.82) is 0 Å². The molecule has 0 aliphatic rings. The van der Waals surface area contributed by atoms with Crippen LogP contribution in [0.1, 0.15) is 11.1 Å². The van der Waals surface area contributed by atoms with Crippen molar-refractivity contribution in [2.24, 2.45) is 0 Å². The Morgan fingerprint density at radius 2 is 2.21 bits per heavy atom. The molecule has 0 saturated carbocycles. The number of carbonyl (C=O) groups excluding carboxylic acids is 1. The van der Waals surface area contributed by atoms with E-state index in [2.05, 4.69) is 15.9 Å². The topological polar surface area (TPSA) is 37.3 Å². The molecule has 0 heterocycles. The highest BCUT2D eigenvalue weighted by atomic mass is 79.9. The molecular formula is C10H10BrClO2. The minimum Gasteiger partial charge on any atom is -0.508 e. The van der Waals surface area contributed by atoms with Crippen molar-refractivity contribution < 1.29 is 9.90 Å². The zero-order valence-electron chi connectivity index (χ0n) is 7.46. The largest absolute Gasteiger partial charge is 0.508 e. The first-order chi connectivity index (χ1) is 6.67. The lowest BCUT2D eigenvalue weighted by Crippen LogP contribution is -2.03. The summed E-state index contributed by atoms with van der Waals surface area (Å²) < 4.78 is 0. The van der Waals surface area contributed by atoms with Crippen LogP contribution in [0.25, 0.3) is 0 Å². The number of carbonyl (C=O) groups is 1. The molecule has 0 amide bonds. The maximum Gasteiger partial charge on any atom is 0.147 e. The van der Waals surface area contributed by atoms with Crippen molar-refractivity contribution in [2.75, 3.05) is 5.33 Å². The van der Waals surface area contributed by atoms with Gasteiger partial charge in [0, 0.05) is 12.0 Å². The minimum atomic E-state index is 0.108. The first-order valence-electron chi connectivity index (χ1n) is 4.11. The number of benzene rings is 1. The fraction of sp³-hybridized carbons (Fsp3) is 0.300. The quantitative estimate of drug-likeness (QED) is 0.859. The van der Waals surface area contributed by atoms with Crippen LogP contribution in [0.4, 0.5) is 0 Å². The molecule has 14 heavy (non-hydrogen) atoms. The van der Waals surface area contributed by atoms with Gasteiger partial charge >= 0.3 is 0 Å². The van der Waals surface area contributed by atoms with Crippen molar-refractivity contribution in [3.63, 3.8) is 0 Å². The Hall–Kier alpha value is -0.540. The highest BCUT2D eigenvalue weighted by Gasteiger charge is 2.05. The maximum atomic E-state index is 11.1. The molecule has 76 valence electrons. The molecule has 0 atom stereocenters. The molecule has 2 nitrogen and oxygen atoms in total. The third kappa shape index (κ3) is 3.00. The minimum absolute atomic E-state index is 0.108. The summed E-state index contributed by atoms with van der Waals surface area (Å²) in [5.74, 6) is 0.536. The number of Topliss-reactive ketones (excluding diaryl/α,β-unsaturated/α-hetero) is 1. The molecular weight excluding hydrogens is 267 g/mol. The number of hydrogen-bond donors (Lipinski definition) is 1. The molecule has 0 saturated heterocycles.